The average molecular weight is 391 g/mol. The predicted octanol–water partition coefficient (Wildman–Crippen LogP) is 3.36. The molecule has 0 radical (unpaired) electrons. The number of aliphatic hydroxyl groups is 1. The van der Waals surface area contributed by atoms with Crippen LogP contribution in [0.4, 0.5) is 0 Å². The predicted molar refractivity (Wildman–Crippen MR) is 99.2 cm³/mol. The van der Waals surface area contributed by atoms with Crippen LogP contribution in [0.15, 0.2) is 48.5 Å². The Kier molecular flexibility index (Phi) is 5.56. The van der Waals surface area contributed by atoms with E-state index in [1.54, 1.807) is 48.0 Å². The maximum absolute atomic E-state index is 12.2. The van der Waals surface area contributed by atoms with Crippen molar-refractivity contribution in [2.24, 2.45) is 0 Å². The second-order valence-electron chi connectivity index (χ2n) is 5.71. The van der Waals surface area contributed by atoms with Crippen molar-refractivity contribution in [2.45, 2.75) is 19.7 Å². The van der Waals surface area contributed by atoms with Gasteiger partial charge in [-0.15, -0.1) is 5.10 Å². The molecule has 0 fully saturated rings. The molecular weight excluding hydrogens is 375 g/mol. The molecule has 6 nitrogen and oxygen atoms in total. The minimum Gasteiger partial charge on any atom is -0.368 e. The van der Waals surface area contributed by atoms with Gasteiger partial charge in [0.2, 0.25) is 0 Å². The smallest absolute Gasteiger partial charge is 0.253 e. The summed E-state index contributed by atoms with van der Waals surface area (Å²) in [4.78, 5) is 12.2. The van der Waals surface area contributed by atoms with Crippen molar-refractivity contribution < 1.29 is 9.90 Å². The molecule has 1 atom stereocenters. The lowest BCUT2D eigenvalue weighted by atomic mass is 10.2. The molecule has 2 N–H and O–H groups in total. The molecule has 0 aliphatic heterocycles. The van der Waals surface area contributed by atoms with Crippen LogP contribution in [0, 0.1) is 6.92 Å². The van der Waals surface area contributed by atoms with E-state index in [0.717, 1.165) is 5.56 Å². The maximum atomic E-state index is 12.2. The number of nitrogens with one attached hydrogen (secondary N) is 1. The van der Waals surface area contributed by atoms with Crippen LogP contribution in [0.5, 0.6) is 0 Å². The number of hydrogen-bond donors (Lipinski definition) is 2. The molecule has 0 saturated heterocycles. The van der Waals surface area contributed by atoms with E-state index in [2.05, 4.69) is 15.6 Å². The van der Waals surface area contributed by atoms with Gasteiger partial charge >= 0.3 is 0 Å². The van der Waals surface area contributed by atoms with Gasteiger partial charge in [0.25, 0.3) is 5.91 Å². The molecule has 1 aromatic heterocycles. The molecule has 0 aliphatic carbocycles. The summed E-state index contributed by atoms with van der Waals surface area (Å²) in [5.41, 5.74) is 2.26. The van der Waals surface area contributed by atoms with Crippen molar-refractivity contribution in [2.75, 3.05) is 0 Å². The van der Waals surface area contributed by atoms with Crippen LogP contribution in [-0.4, -0.2) is 26.0 Å². The van der Waals surface area contributed by atoms with E-state index in [9.17, 15) is 9.90 Å². The molecule has 0 spiro atoms. The summed E-state index contributed by atoms with van der Waals surface area (Å²) in [6.45, 7) is 2.18. The summed E-state index contributed by atoms with van der Waals surface area (Å²) in [7, 11) is 0. The molecule has 3 aromatic rings. The van der Waals surface area contributed by atoms with Crippen LogP contribution >= 0.6 is 23.2 Å². The van der Waals surface area contributed by atoms with Crippen LogP contribution < -0.4 is 5.32 Å². The Hall–Kier alpha value is -2.41. The van der Waals surface area contributed by atoms with Gasteiger partial charge in [-0.05, 0) is 36.8 Å². The first-order valence-corrected chi connectivity index (χ1v) is 8.59. The van der Waals surface area contributed by atoms with Gasteiger partial charge in [-0.25, -0.2) is 4.68 Å². The van der Waals surface area contributed by atoms with Gasteiger partial charge in [-0.2, -0.15) is 0 Å². The highest BCUT2D eigenvalue weighted by atomic mass is 35.5. The SMILES string of the molecule is Cc1c(C(O)NC(=O)c2ccccc2)nnn1Cc1ccc(Cl)c(Cl)c1. The van der Waals surface area contributed by atoms with Gasteiger partial charge in [0.15, 0.2) is 6.23 Å². The summed E-state index contributed by atoms with van der Waals surface area (Å²) in [5.74, 6) is -0.392. The Bertz CT molecular complexity index is 928. The fourth-order valence-corrected chi connectivity index (χ4v) is 2.77. The molecule has 0 bridgehead atoms. The lowest BCUT2D eigenvalue weighted by Gasteiger charge is -2.12. The average Bonchev–Trinajstić information content (AvgIpc) is 2.99. The van der Waals surface area contributed by atoms with Gasteiger partial charge in [-0.1, -0.05) is 52.7 Å². The zero-order valence-corrected chi connectivity index (χ0v) is 15.4. The molecule has 26 heavy (non-hydrogen) atoms. The fourth-order valence-electron chi connectivity index (χ4n) is 2.45. The quantitative estimate of drug-likeness (QED) is 0.654. The van der Waals surface area contributed by atoms with Crippen molar-refractivity contribution >= 4 is 29.1 Å². The van der Waals surface area contributed by atoms with Crippen LogP contribution in [0.25, 0.3) is 0 Å². The van der Waals surface area contributed by atoms with Gasteiger partial charge in [0, 0.05) is 5.56 Å². The molecule has 0 aliphatic rings. The number of aromatic nitrogens is 3. The van der Waals surface area contributed by atoms with E-state index >= 15 is 0 Å². The Morgan fingerprint density at radius 1 is 1.19 bits per heavy atom. The minimum atomic E-state index is -1.26. The number of hydrogen-bond acceptors (Lipinski definition) is 4. The minimum absolute atomic E-state index is 0.286. The van der Waals surface area contributed by atoms with E-state index < -0.39 is 12.1 Å². The molecule has 1 unspecified atom stereocenters. The number of aliphatic hydroxyl groups excluding tert-OH is 1. The third-order valence-electron chi connectivity index (χ3n) is 3.90. The Balaban J connectivity index is 1.73. The van der Waals surface area contributed by atoms with E-state index in [4.69, 9.17) is 23.2 Å². The molecule has 1 heterocycles. The molecule has 3 rings (SSSR count). The molecule has 2 aromatic carbocycles. The zero-order valence-electron chi connectivity index (χ0n) is 13.9. The lowest BCUT2D eigenvalue weighted by Crippen LogP contribution is -2.29. The number of nitrogens with zero attached hydrogens (tertiary/aromatic N) is 3. The van der Waals surface area contributed by atoms with E-state index in [0.29, 0.717) is 27.8 Å². The van der Waals surface area contributed by atoms with Gasteiger partial charge in [0.1, 0.15) is 5.69 Å². The molecular formula is C18H16Cl2N4O2. The fraction of sp³-hybridized carbons (Fsp3) is 0.167. The van der Waals surface area contributed by atoms with Crippen molar-refractivity contribution in [3.63, 3.8) is 0 Å². The summed E-state index contributed by atoms with van der Waals surface area (Å²) in [5, 5.41) is 21.8. The largest absolute Gasteiger partial charge is 0.368 e. The highest BCUT2D eigenvalue weighted by molar-refractivity contribution is 6.42. The Labute approximate surface area is 160 Å². The number of carbonyl (C=O) groups is 1. The van der Waals surface area contributed by atoms with Crippen LogP contribution in [0.2, 0.25) is 10.0 Å². The first-order valence-electron chi connectivity index (χ1n) is 7.83. The third kappa shape index (κ3) is 4.04. The van der Waals surface area contributed by atoms with Crippen molar-refractivity contribution in [3.8, 4) is 0 Å². The van der Waals surface area contributed by atoms with Crippen LogP contribution in [-0.2, 0) is 6.54 Å². The number of amides is 1. The molecule has 0 saturated carbocycles. The molecule has 134 valence electrons. The number of halogens is 2. The van der Waals surface area contributed by atoms with E-state index in [1.165, 1.54) is 0 Å². The summed E-state index contributed by atoms with van der Waals surface area (Å²) in [6, 6.07) is 13.9. The number of rotatable bonds is 5. The van der Waals surface area contributed by atoms with Crippen molar-refractivity contribution in [1.29, 1.82) is 0 Å². The molecule has 8 heteroatoms. The number of carbonyl (C=O) groups excluding carboxylic acids is 1. The van der Waals surface area contributed by atoms with E-state index in [1.807, 2.05) is 12.1 Å². The van der Waals surface area contributed by atoms with Crippen LogP contribution in [0.1, 0.15) is 33.5 Å². The van der Waals surface area contributed by atoms with Crippen molar-refractivity contribution in [1.82, 2.24) is 20.3 Å². The zero-order chi connectivity index (χ0) is 18.7. The third-order valence-corrected chi connectivity index (χ3v) is 4.64. The second kappa shape index (κ2) is 7.86. The monoisotopic (exact) mass is 390 g/mol. The topological polar surface area (TPSA) is 80.0 Å². The molecule has 1 amide bonds. The normalized spacial score (nSPS) is 12.0. The highest BCUT2D eigenvalue weighted by Gasteiger charge is 2.20. The first-order chi connectivity index (χ1) is 12.5. The first kappa shape index (κ1) is 18.4. The van der Waals surface area contributed by atoms with E-state index in [-0.39, 0.29) is 5.69 Å². The lowest BCUT2D eigenvalue weighted by molar-refractivity contribution is 0.0773. The maximum Gasteiger partial charge on any atom is 0.253 e. The van der Waals surface area contributed by atoms with Gasteiger partial charge in [-0.3, -0.25) is 4.79 Å². The Morgan fingerprint density at radius 2 is 1.92 bits per heavy atom. The van der Waals surface area contributed by atoms with Crippen molar-refractivity contribution in [3.05, 3.63) is 81.1 Å². The summed E-state index contributed by atoms with van der Waals surface area (Å²) in [6.07, 6.45) is -1.26. The summed E-state index contributed by atoms with van der Waals surface area (Å²) < 4.78 is 1.62. The summed E-state index contributed by atoms with van der Waals surface area (Å²) >= 11 is 11.9. The number of benzene rings is 2. The highest BCUT2D eigenvalue weighted by Crippen LogP contribution is 2.23. The second-order valence-corrected chi connectivity index (χ2v) is 6.52. The Morgan fingerprint density at radius 3 is 2.62 bits per heavy atom. The standard InChI is InChI=1S/C18H16Cl2N4O2/c1-11-16(18(26)21-17(25)13-5-3-2-4-6-13)22-23-24(11)10-12-7-8-14(19)15(20)9-12/h2-9,18,26H,10H2,1H3,(H,21,25). The van der Waals surface area contributed by atoms with Gasteiger partial charge < -0.3 is 10.4 Å². The van der Waals surface area contributed by atoms with Crippen LogP contribution in [0.3, 0.4) is 0 Å². The van der Waals surface area contributed by atoms with Gasteiger partial charge in [0.05, 0.1) is 22.3 Å².